The first kappa shape index (κ1) is 15.9. The number of rotatable bonds is 5. The van der Waals surface area contributed by atoms with Crippen LogP contribution in [0.4, 0.5) is 4.79 Å². The van der Waals surface area contributed by atoms with E-state index in [1.807, 2.05) is 0 Å². The van der Waals surface area contributed by atoms with E-state index in [0.717, 1.165) is 0 Å². The number of hydrogen-bond acceptors (Lipinski definition) is 6. The number of carboxylic acids is 1. The van der Waals surface area contributed by atoms with Gasteiger partial charge >= 0.3 is 12.1 Å². The van der Waals surface area contributed by atoms with E-state index < -0.39 is 17.7 Å². The molecule has 0 aromatic carbocycles. The average molecular weight is 286 g/mol. The van der Waals surface area contributed by atoms with E-state index in [2.05, 4.69) is 15.6 Å². The number of nitrogens with one attached hydrogen (secondary N) is 1. The summed E-state index contributed by atoms with van der Waals surface area (Å²) in [5.41, 5.74) is -0.726. The van der Waals surface area contributed by atoms with Crippen LogP contribution >= 0.6 is 0 Å². The zero-order chi connectivity index (χ0) is 15.3. The van der Waals surface area contributed by atoms with Crippen molar-refractivity contribution >= 4 is 12.1 Å². The summed E-state index contributed by atoms with van der Waals surface area (Å²) in [5.74, 6) is -1.25. The van der Waals surface area contributed by atoms with E-state index in [1.165, 1.54) is 4.68 Å². The van der Waals surface area contributed by atoms with Gasteiger partial charge in [0.15, 0.2) is 5.69 Å². The Bertz CT molecular complexity index is 491. The number of aliphatic hydroxyl groups is 1. The molecule has 1 aromatic rings. The second-order valence-electron chi connectivity index (χ2n) is 4.99. The van der Waals surface area contributed by atoms with Crippen molar-refractivity contribution in [3.05, 3.63) is 11.4 Å². The number of ether oxygens (including phenoxy) is 1. The smallest absolute Gasteiger partial charge is 0.407 e. The first-order valence-corrected chi connectivity index (χ1v) is 5.98. The third-order valence-electron chi connectivity index (χ3n) is 2.15. The molecule has 0 aliphatic rings. The Morgan fingerprint density at radius 2 is 2.05 bits per heavy atom. The lowest BCUT2D eigenvalue weighted by molar-refractivity contribution is 0.0519. The molecule has 0 aliphatic carbocycles. The molecule has 1 amide bonds. The SMILES string of the molecule is CC(C)(C)OC(=O)NCc1c(C(=O)O)nnn1CCO. The number of carbonyl (C=O) groups is 2. The monoisotopic (exact) mass is 286 g/mol. The largest absolute Gasteiger partial charge is 0.476 e. The maximum Gasteiger partial charge on any atom is 0.407 e. The first-order valence-electron chi connectivity index (χ1n) is 5.98. The lowest BCUT2D eigenvalue weighted by Crippen LogP contribution is -2.33. The fourth-order valence-corrected chi connectivity index (χ4v) is 1.42. The molecule has 112 valence electrons. The molecule has 0 spiro atoms. The fourth-order valence-electron chi connectivity index (χ4n) is 1.42. The van der Waals surface area contributed by atoms with Gasteiger partial charge in [0.25, 0.3) is 0 Å². The van der Waals surface area contributed by atoms with E-state index >= 15 is 0 Å². The highest BCUT2D eigenvalue weighted by molar-refractivity contribution is 5.86. The van der Waals surface area contributed by atoms with Crippen molar-refractivity contribution in [2.75, 3.05) is 6.61 Å². The molecular weight excluding hydrogens is 268 g/mol. The van der Waals surface area contributed by atoms with Crippen LogP contribution in [0.15, 0.2) is 0 Å². The molecular formula is C11H18N4O5. The average Bonchev–Trinajstić information content (AvgIpc) is 2.68. The summed E-state index contributed by atoms with van der Waals surface area (Å²) in [4.78, 5) is 22.5. The highest BCUT2D eigenvalue weighted by Crippen LogP contribution is 2.08. The summed E-state index contributed by atoms with van der Waals surface area (Å²) in [7, 11) is 0. The molecule has 20 heavy (non-hydrogen) atoms. The molecule has 3 N–H and O–H groups in total. The number of aromatic carboxylic acids is 1. The lowest BCUT2D eigenvalue weighted by Gasteiger charge is -2.19. The van der Waals surface area contributed by atoms with Crippen LogP contribution in [0.25, 0.3) is 0 Å². The van der Waals surface area contributed by atoms with Crippen molar-refractivity contribution in [2.24, 2.45) is 0 Å². The predicted octanol–water partition coefficient (Wildman–Crippen LogP) is -0.00670. The van der Waals surface area contributed by atoms with Gasteiger partial charge < -0.3 is 20.3 Å². The summed E-state index contributed by atoms with van der Waals surface area (Å²) in [6, 6.07) is 0. The second-order valence-corrected chi connectivity index (χ2v) is 4.99. The van der Waals surface area contributed by atoms with E-state index in [-0.39, 0.29) is 31.1 Å². The normalized spacial score (nSPS) is 11.2. The Balaban J connectivity index is 2.77. The molecule has 1 heterocycles. The molecule has 1 rings (SSSR count). The van der Waals surface area contributed by atoms with Crippen molar-refractivity contribution in [3.63, 3.8) is 0 Å². The van der Waals surface area contributed by atoms with Crippen molar-refractivity contribution in [1.29, 1.82) is 0 Å². The fraction of sp³-hybridized carbons (Fsp3) is 0.636. The highest BCUT2D eigenvalue weighted by atomic mass is 16.6. The third kappa shape index (κ3) is 4.50. The first-order chi connectivity index (χ1) is 9.24. The predicted molar refractivity (Wildman–Crippen MR) is 67.1 cm³/mol. The minimum absolute atomic E-state index is 0.0889. The molecule has 0 bridgehead atoms. The van der Waals surface area contributed by atoms with Crippen LogP contribution in [0, 0.1) is 0 Å². The van der Waals surface area contributed by atoms with Crippen LogP contribution in [-0.2, 0) is 17.8 Å². The Morgan fingerprint density at radius 3 is 2.55 bits per heavy atom. The molecule has 0 unspecified atom stereocenters. The maximum atomic E-state index is 11.5. The quantitative estimate of drug-likeness (QED) is 0.695. The minimum Gasteiger partial charge on any atom is -0.476 e. The number of hydrogen-bond donors (Lipinski definition) is 3. The Labute approximate surface area is 115 Å². The highest BCUT2D eigenvalue weighted by Gasteiger charge is 2.21. The second kappa shape index (κ2) is 6.33. The third-order valence-corrected chi connectivity index (χ3v) is 2.15. The number of aliphatic hydroxyl groups excluding tert-OH is 1. The van der Waals surface area contributed by atoms with Gasteiger partial charge in [0.2, 0.25) is 0 Å². The Hall–Kier alpha value is -2.16. The Morgan fingerprint density at radius 1 is 1.40 bits per heavy atom. The summed E-state index contributed by atoms with van der Waals surface area (Å²) in [6.45, 7) is 4.91. The minimum atomic E-state index is -1.25. The molecule has 0 aliphatic heterocycles. The summed E-state index contributed by atoms with van der Waals surface area (Å²) < 4.78 is 6.26. The van der Waals surface area contributed by atoms with Crippen molar-refractivity contribution in [1.82, 2.24) is 20.3 Å². The Kier molecular flexibility index (Phi) is 5.03. The van der Waals surface area contributed by atoms with Gasteiger partial charge in [0, 0.05) is 0 Å². The molecule has 0 saturated carbocycles. The molecule has 0 saturated heterocycles. The van der Waals surface area contributed by atoms with Gasteiger partial charge in [0.1, 0.15) is 5.60 Å². The number of carboxylic acid groups (broad SMARTS) is 1. The summed E-state index contributed by atoms with van der Waals surface area (Å²) >= 11 is 0. The van der Waals surface area contributed by atoms with Gasteiger partial charge in [-0.15, -0.1) is 5.10 Å². The zero-order valence-electron chi connectivity index (χ0n) is 11.6. The standard InChI is InChI=1S/C11H18N4O5/c1-11(2,3)20-10(19)12-6-7-8(9(17)18)13-14-15(7)4-5-16/h16H,4-6H2,1-3H3,(H,12,19)(H,17,18). The van der Waals surface area contributed by atoms with Crippen LogP contribution in [0.5, 0.6) is 0 Å². The van der Waals surface area contributed by atoms with Gasteiger partial charge in [-0.3, -0.25) is 0 Å². The summed E-state index contributed by atoms with van der Waals surface area (Å²) in [5, 5.41) is 27.4. The number of carbonyl (C=O) groups excluding carboxylic acids is 1. The lowest BCUT2D eigenvalue weighted by atomic mass is 10.2. The van der Waals surface area contributed by atoms with Crippen molar-refractivity contribution in [3.8, 4) is 0 Å². The van der Waals surface area contributed by atoms with Crippen LogP contribution in [-0.4, -0.2) is 49.5 Å². The van der Waals surface area contributed by atoms with Gasteiger partial charge in [-0.05, 0) is 20.8 Å². The van der Waals surface area contributed by atoms with Crippen LogP contribution in [0.3, 0.4) is 0 Å². The molecule has 1 aromatic heterocycles. The van der Waals surface area contributed by atoms with E-state index in [1.54, 1.807) is 20.8 Å². The number of aromatic nitrogens is 3. The van der Waals surface area contributed by atoms with Gasteiger partial charge in [-0.2, -0.15) is 0 Å². The number of nitrogens with zero attached hydrogens (tertiary/aromatic N) is 3. The summed E-state index contributed by atoms with van der Waals surface area (Å²) in [6.07, 6.45) is -0.675. The van der Waals surface area contributed by atoms with Crippen molar-refractivity contribution in [2.45, 2.75) is 39.5 Å². The molecule has 0 radical (unpaired) electrons. The van der Waals surface area contributed by atoms with Gasteiger partial charge in [-0.25, -0.2) is 14.3 Å². The zero-order valence-corrected chi connectivity index (χ0v) is 11.6. The van der Waals surface area contributed by atoms with Gasteiger partial charge in [0.05, 0.1) is 25.4 Å². The number of amides is 1. The van der Waals surface area contributed by atoms with E-state index in [4.69, 9.17) is 14.9 Å². The molecule has 9 heteroatoms. The maximum absolute atomic E-state index is 11.5. The van der Waals surface area contributed by atoms with Crippen LogP contribution in [0.1, 0.15) is 37.0 Å². The van der Waals surface area contributed by atoms with Gasteiger partial charge in [-0.1, -0.05) is 5.21 Å². The van der Waals surface area contributed by atoms with Crippen molar-refractivity contribution < 1.29 is 24.5 Å². The molecule has 0 fully saturated rings. The molecule has 9 nitrogen and oxygen atoms in total. The van der Waals surface area contributed by atoms with E-state index in [9.17, 15) is 9.59 Å². The van der Waals surface area contributed by atoms with Crippen LogP contribution in [0.2, 0.25) is 0 Å². The molecule has 0 atom stereocenters. The topological polar surface area (TPSA) is 127 Å². The van der Waals surface area contributed by atoms with E-state index in [0.29, 0.717) is 0 Å². The number of alkyl carbamates (subject to hydrolysis) is 1. The van der Waals surface area contributed by atoms with Crippen LogP contribution < -0.4 is 5.32 Å².